The van der Waals surface area contributed by atoms with Crippen molar-refractivity contribution in [2.45, 2.75) is 51.2 Å². The molecule has 3 aromatic heterocycles. The van der Waals surface area contributed by atoms with Crippen LogP contribution in [0.5, 0.6) is 5.88 Å². The van der Waals surface area contributed by atoms with Gasteiger partial charge in [0, 0.05) is 22.7 Å². The Labute approximate surface area is 241 Å². The highest BCUT2D eigenvalue weighted by Gasteiger charge is 2.50. The number of hydrogen-bond acceptors (Lipinski definition) is 6. The van der Waals surface area contributed by atoms with Gasteiger partial charge in [-0.15, -0.1) is 0 Å². The summed E-state index contributed by atoms with van der Waals surface area (Å²) in [5.41, 5.74) is 2.74. The quantitative estimate of drug-likeness (QED) is 0.347. The van der Waals surface area contributed by atoms with Crippen LogP contribution in [0.15, 0.2) is 71.7 Å². The molecule has 0 radical (unpaired) electrons. The first kappa shape index (κ1) is 25.8. The predicted molar refractivity (Wildman–Crippen MR) is 156 cm³/mol. The molecule has 210 valence electrons. The lowest BCUT2D eigenvalue weighted by Gasteiger charge is -2.27. The zero-order valence-electron chi connectivity index (χ0n) is 23.5. The number of nitriles is 1. The fraction of sp³-hybridized carbons (Fsp3) is 0.281. The highest BCUT2D eigenvalue weighted by atomic mass is 16.3. The van der Waals surface area contributed by atoms with Crippen molar-refractivity contribution in [3.8, 4) is 17.6 Å². The third-order valence-electron chi connectivity index (χ3n) is 8.38. The Morgan fingerprint density at radius 2 is 1.81 bits per heavy atom. The van der Waals surface area contributed by atoms with E-state index in [1.54, 1.807) is 32.3 Å². The lowest BCUT2D eigenvalue weighted by molar-refractivity contribution is 0.0699. The summed E-state index contributed by atoms with van der Waals surface area (Å²) in [6.45, 7) is 7.00. The average molecular weight is 560 g/mol. The fourth-order valence-electron chi connectivity index (χ4n) is 6.31. The van der Waals surface area contributed by atoms with Crippen molar-refractivity contribution in [1.82, 2.24) is 28.8 Å². The zero-order chi connectivity index (χ0) is 29.3. The Kier molecular flexibility index (Phi) is 5.63. The smallest absolute Gasteiger partial charge is 0.336 e. The molecule has 2 aliphatic rings. The summed E-state index contributed by atoms with van der Waals surface area (Å²) in [5, 5.41) is 27.1. The van der Waals surface area contributed by atoms with E-state index in [1.165, 1.54) is 10.8 Å². The summed E-state index contributed by atoms with van der Waals surface area (Å²) in [5.74, 6) is -0.396. The number of likely N-dealkylation sites (tertiary alicyclic amines) is 1. The van der Waals surface area contributed by atoms with Gasteiger partial charge < -0.3 is 10.0 Å². The molecule has 5 aromatic rings. The van der Waals surface area contributed by atoms with E-state index in [1.807, 2.05) is 42.5 Å². The molecule has 1 unspecified atom stereocenters. The van der Waals surface area contributed by atoms with Gasteiger partial charge in [0.2, 0.25) is 5.88 Å². The first-order valence-corrected chi connectivity index (χ1v) is 13.9. The second-order valence-corrected chi connectivity index (χ2v) is 12.0. The maximum absolute atomic E-state index is 14.2. The van der Waals surface area contributed by atoms with Gasteiger partial charge in [-0.05, 0) is 18.1 Å². The third kappa shape index (κ3) is 3.77. The second kappa shape index (κ2) is 9.17. The number of amides is 1. The number of aromatic nitrogens is 5. The molecular formula is C32H29N7O3. The van der Waals surface area contributed by atoms with E-state index in [0.29, 0.717) is 47.4 Å². The number of benzene rings is 2. The van der Waals surface area contributed by atoms with Crippen LogP contribution in [0.2, 0.25) is 0 Å². The molecule has 2 aromatic carbocycles. The summed E-state index contributed by atoms with van der Waals surface area (Å²) in [7, 11) is 0. The van der Waals surface area contributed by atoms with Crippen molar-refractivity contribution in [2.24, 2.45) is 0 Å². The van der Waals surface area contributed by atoms with E-state index in [4.69, 9.17) is 5.10 Å². The van der Waals surface area contributed by atoms with Crippen molar-refractivity contribution in [2.75, 3.05) is 6.54 Å². The Morgan fingerprint density at radius 3 is 2.52 bits per heavy atom. The van der Waals surface area contributed by atoms with Crippen LogP contribution in [0.4, 0.5) is 0 Å². The van der Waals surface area contributed by atoms with Crippen LogP contribution in [-0.4, -0.2) is 46.4 Å². The minimum Gasteiger partial charge on any atom is -0.493 e. The topological polar surface area (TPSA) is 122 Å². The Morgan fingerprint density at radius 1 is 1.10 bits per heavy atom. The van der Waals surface area contributed by atoms with Crippen LogP contribution in [0, 0.1) is 11.3 Å². The molecule has 1 amide bonds. The molecule has 1 saturated heterocycles. The van der Waals surface area contributed by atoms with E-state index < -0.39 is 6.04 Å². The number of carbonyl (C=O) groups is 1. The third-order valence-corrected chi connectivity index (χ3v) is 8.38. The van der Waals surface area contributed by atoms with Gasteiger partial charge in [-0.25, -0.2) is 14.3 Å². The van der Waals surface area contributed by atoms with Crippen LogP contribution < -0.4 is 5.69 Å². The van der Waals surface area contributed by atoms with Crippen molar-refractivity contribution < 1.29 is 9.90 Å². The molecule has 2 atom stereocenters. The van der Waals surface area contributed by atoms with E-state index in [9.17, 15) is 20.0 Å². The van der Waals surface area contributed by atoms with Crippen molar-refractivity contribution in [3.63, 3.8) is 0 Å². The molecule has 42 heavy (non-hydrogen) atoms. The van der Waals surface area contributed by atoms with Crippen molar-refractivity contribution in [3.05, 3.63) is 106 Å². The van der Waals surface area contributed by atoms with Crippen molar-refractivity contribution in [1.29, 1.82) is 5.26 Å². The highest BCUT2D eigenvalue weighted by molar-refractivity contribution is 5.94. The summed E-state index contributed by atoms with van der Waals surface area (Å²) in [6, 6.07) is 20.3. The monoisotopic (exact) mass is 559 g/mol. The van der Waals surface area contributed by atoms with Crippen molar-refractivity contribution >= 4 is 16.7 Å². The number of nitrogens with zero attached hydrogens (tertiary/aromatic N) is 7. The lowest BCUT2D eigenvalue weighted by atomic mass is 9.92. The van der Waals surface area contributed by atoms with Crippen LogP contribution in [-0.2, 0) is 12.0 Å². The Hall–Kier alpha value is -5.17. The van der Waals surface area contributed by atoms with Crippen LogP contribution in [0.25, 0.3) is 16.5 Å². The van der Waals surface area contributed by atoms with Crippen LogP contribution >= 0.6 is 0 Å². The lowest BCUT2D eigenvalue weighted by Crippen LogP contribution is -2.38. The van der Waals surface area contributed by atoms with Gasteiger partial charge in [0.1, 0.15) is 23.2 Å². The molecule has 0 aliphatic carbocycles. The first-order valence-electron chi connectivity index (χ1n) is 13.9. The van der Waals surface area contributed by atoms with Gasteiger partial charge in [0.15, 0.2) is 0 Å². The normalized spacial score (nSPS) is 17.5. The first-order chi connectivity index (χ1) is 20.2. The Bertz CT molecular complexity index is 1990. The SMILES string of the molecule is CC(C)(C)c1cc(C(=O)N2C[C@H]3CC2c2c(O)n(-c4cnc(C#N)c5ccccc45)c(=O)n23)n(Cc2ccccc2)n1. The van der Waals surface area contributed by atoms with Crippen LogP contribution in [0.3, 0.4) is 0 Å². The highest BCUT2D eigenvalue weighted by Crippen LogP contribution is 2.49. The Balaban J connectivity index is 1.29. The number of rotatable bonds is 4. The van der Waals surface area contributed by atoms with Gasteiger partial charge in [-0.1, -0.05) is 75.4 Å². The van der Waals surface area contributed by atoms with Gasteiger partial charge in [0.25, 0.3) is 5.91 Å². The molecule has 2 bridgehead atoms. The number of imidazole rings is 1. The van der Waals surface area contributed by atoms with E-state index in [-0.39, 0.29) is 34.6 Å². The number of pyridine rings is 1. The van der Waals surface area contributed by atoms with E-state index in [0.717, 1.165) is 11.3 Å². The molecular weight excluding hydrogens is 530 g/mol. The van der Waals surface area contributed by atoms with Gasteiger partial charge in [0.05, 0.1) is 36.2 Å². The standard InChI is InChI=1S/C32H29N7O3/c1-32(2,3)27-14-25(37(35-27)17-19-9-5-4-6-10-19)29(40)36-18-20-13-24(36)28-30(41)39(31(42)38(20)28)26-16-34-23(15-33)21-11-7-8-12-22(21)26/h4-12,14,16,20,24,41H,13,17-18H2,1-3H3/t20-,24?/m1/s1. The van der Waals surface area contributed by atoms with Crippen LogP contribution in [0.1, 0.15) is 72.4 Å². The average Bonchev–Trinajstić information content (AvgIpc) is 3.75. The minimum absolute atomic E-state index is 0.183. The fourth-order valence-corrected chi connectivity index (χ4v) is 6.31. The molecule has 10 nitrogen and oxygen atoms in total. The predicted octanol–water partition coefficient (Wildman–Crippen LogP) is 4.45. The van der Waals surface area contributed by atoms with E-state index in [2.05, 4.69) is 31.8 Å². The molecule has 0 saturated carbocycles. The number of fused-ring (bicyclic) bond motifs is 6. The summed E-state index contributed by atoms with van der Waals surface area (Å²) < 4.78 is 4.62. The molecule has 1 fully saturated rings. The summed E-state index contributed by atoms with van der Waals surface area (Å²) >= 11 is 0. The molecule has 10 heteroatoms. The van der Waals surface area contributed by atoms with Gasteiger partial charge in [-0.2, -0.15) is 10.4 Å². The second-order valence-electron chi connectivity index (χ2n) is 12.0. The summed E-state index contributed by atoms with van der Waals surface area (Å²) in [6.07, 6.45) is 1.99. The van der Waals surface area contributed by atoms with E-state index >= 15 is 0 Å². The zero-order valence-corrected chi connectivity index (χ0v) is 23.5. The largest absolute Gasteiger partial charge is 0.493 e. The number of carbonyl (C=O) groups excluding carboxylic acids is 1. The molecule has 7 rings (SSSR count). The number of hydrogen-bond donors (Lipinski definition) is 1. The molecule has 5 heterocycles. The summed E-state index contributed by atoms with van der Waals surface area (Å²) in [4.78, 5) is 33.9. The molecule has 2 aliphatic heterocycles. The maximum atomic E-state index is 14.2. The van der Waals surface area contributed by atoms with Gasteiger partial charge in [-0.3, -0.25) is 14.0 Å². The molecule has 1 N–H and O–H groups in total. The maximum Gasteiger partial charge on any atom is 0.336 e. The minimum atomic E-state index is -0.466. The molecule has 0 spiro atoms. The van der Waals surface area contributed by atoms with Gasteiger partial charge >= 0.3 is 5.69 Å². The number of aromatic hydroxyl groups is 1.